The van der Waals surface area contributed by atoms with E-state index >= 15 is 0 Å². The Labute approximate surface area is 104 Å². The number of nitrogens with zero attached hydrogens (tertiary/aromatic N) is 2. The largest absolute Gasteiger partial charge is 0.459 e. The molecule has 0 saturated heterocycles. The normalized spacial score (nSPS) is 12.8. The maximum Gasteiger partial charge on any atom is 0.293 e. The first-order chi connectivity index (χ1) is 8.25. The Hall–Kier alpha value is -1.27. The maximum atomic E-state index is 5.66. The summed E-state index contributed by atoms with van der Waals surface area (Å²) in [6.07, 6.45) is 2.57. The molecule has 6 heteroatoms. The van der Waals surface area contributed by atoms with Gasteiger partial charge < -0.3 is 14.7 Å². The van der Waals surface area contributed by atoms with Gasteiger partial charge in [0.05, 0.1) is 12.0 Å². The second-order valence-electron chi connectivity index (χ2n) is 3.81. The molecule has 0 bridgehead atoms. The van der Waals surface area contributed by atoms with Crippen LogP contribution in [0.3, 0.4) is 0 Å². The lowest BCUT2D eigenvalue weighted by Gasteiger charge is -2.01. The molecule has 0 aliphatic carbocycles. The molecular weight excluding hydrogens is 238 g/mol. The third-order valence-corrected chi connectivity index (χ3v) is 3.14. The number of nitrogens with two attached hydrogens (primary N) is 1. The second-order valence-corrected chi connectivity index (χ2v) is 4.92. The van der Waals surface area contributed by atoms with E-state index in [1.807, 2.05) is 6.92 Å². The van der Waals surface area contributed by atoms with Crippen LogP contribution in [0.15, 0.2) is 27.3 Å². The summed E-state index contributed by atoms with van der Waals surface area (Å²) in [7, 11) is 0. The summed E-state index contributed by atoms with van der Waals surface area (Å²) in [6, 6.07) is 3.82. The fraction of sp³-hybridized carbons (Fsp3) is 0.455. The molecule has 17 heavy (non-hydrogen) atoms. The Morgan fingerprint density at radius 1 is 1.53 bits per heavy atom. The summed E-state index contributed by atoms with van der Waals surface area (Å²) in [4.78, 5) is 4.25. The highest BCUT2D eigenvalue weighted by molar-refractivity contribution is 7.98. The molecule has 0 aliphatic heterocycles. The van der Waals surface area contributed by atoms with E-state index < -0.39 is 0 Å². The van der Waals surface area contributed by atoms with Gasteiger partial charge in [-0.05, 0) is 31.2 Å². The molecule has 0 aromatic carbocycles. The molecule has 5 nitrogen and oxygen atoms in total. The Morgan fingerprint density at radius 2 is 2.41 bits per heavy atom. The molecule has 1 atom stereocenters. The molecule has 0 spiro atoms. The minimum Gasteiger partial charge on any atom is -0.459 e. The smallest absolute Gasteiger partial charge is 0.293 e. The van der Waals surface area contributed by atoms with E-state index in [-0.39, 0.29) is 6.04 Å². The van der Waals surface area contributed by atoms with Crippen LogP contribution >= 0.6 is 11.8 Å². The first kappa shape index (κ1) is 12.2. The molecule has 2 heterocycles. The number of thioether (sulfide) groups is 1. The molecule has 0 aliphatic rings. The van der Waals surface area contributed by atoms with Gasteiger partial charge in [0.15, 0.2) is 11.6 Å². The van der Waals surface area contributed by atoms with E-state index in [0.29, 0.717) is 17.5 Å². The summed E-state index contributed by atoms with van der Waals surface area (Å²) >= 11 is 1.75. The Kier molecular flexibility index (Phi) is 4.22. The van der Waals surface area contributed by atoms with Crippen LogP contribution in [-0.2, 0) is 5.75 Å². The molecule has 2 rings (SSSR count). The van der Waals surface area contributed by atoms with Crippen LogP contribution in [0.2, 0.25) is 0 Å². The van der Waals surface area contributed by atoms with Gasteiger partial charge in [0.25, 0.3) is 5.89 Å². The van der Waals surface area contributed by atoms with E-state index in [4.69, 9.17) is 14.7 Å². The van der Waals surface area contributed by atoms with Gasteiger partial charge in [-0.25, -0.2) is 0 Å². The van der Waals surface area contributed by atoms with Crippen LogP contribution in [0.25, 0.3) is 11.7 Å². The number of rotatable bonds is 6. The van der Waals surface area contributed by atoms with Crippen molar-refractivity contribution in [2.24, 2.45) is 5.73 Å². The van der Waals surface area contributed by atoms with E-state index in [1.165, 1.54) is 0 Å². The van der Waals surface area contributed by atoms with Crippen molar-refractivity contribution in [3.8, 4) is 11.7 Å². The van der Waals surface area contributed by atoms with Crippen molar-refractivity contribution in [1.29, 1.82) is 0 Å². The van der Waals surface area contributed by atoms with Crippen LogP contribution in [0, 0.1) is 0 Å². The van der Waals surface area contributed by atoms with Crippen molar-refractivity contribution >= 4 is 11.8 Å². The van der Waals surface area contributed by atoms with Crippen LogP contribution in [0.4, 0.5) is 0 Å². The van der Waals surface area contributed by atoms with Gasteiger partial charge in [0.2, 0.25) is 0 Å². The van der Waals surface area contributed by atoms with Crippen molar-refractivity contribution in [2.45, 2.75) is 25.1 Å². The number of hydrogen-bond donors (Lipinski definition) is 1. The predicted molar refractivity (Wildman–Crippen MR) is 66.4 cm³/mol. The molecular formula is C11H15N3O2S. The first-order valence-electron chi connectivity index (χ1n) is 5.45. The lowest BCUT2D eigenvalue weighted by atomic mass is 10.3. The van der Waals surface area contributed by atoms with Crippen molar-refractivity contribution in [3.05, 3.63) is 24.2 Å². The Bertz CT molecular complexity index is 439. The quantitative estimate of drug-likeness (QED) is 0.796. The molecule has 2 N–H and O–H groups in total. The lowest BCUT2D eigenvalue weighted by molar-refractivity contribution is 0.411. The zero-order valence-electron chi connectivity index (χ0n) is 9.63. The minimum absolute atomic E-state index is 0.242. The summed E-state index contributed by atoms with van der Waals surface area (Å²) in [5.41, 5.74) is 5.66. The van der Waals surface area contributed by atoms with E-state index in [1.54, 1.807) is 30.2 Å². The fourth-order valence-corrected chi connectivity index (χ4v) is 2.23. The SMILES string of the molecule is CC(N)CCSCc1noc(-c2ccco2)n1. The highest BCUT2D eigenvalue weighted by Crippen LogP contribution is 2.19. The second kappa shape index (κ2) is 5.88. The zero-order valence-corrected chi connectivity index (χ0v) is 10.4. The molecule has 0 radical (unpaired) electrons. The average Bonchev–Trinajstić information content (AvgIpc) is 2.94. The Morgan fingerprint density at radius 3 is 3.12 bits per heavy atom. The van der Waals surface area contributed by atoms with Gasteiger partial charge in [-0.2, -0.15) is 16.7 Å². The van der Waals surface area contributed by atoms with Crippen molar-refractivity contribution in [2.75, 3.05) is 5.75 Å². The van der Waals surface area contributed by atoms with E-state index in [0.717, 1.165) is 17.9 Å². The van der Waals surface area contributed by atoms with Gasteiger partial charge in [0, 0.05) is 6.04 Å². The lowest BCUT2D eigenvalue weighted by Crippen LogP contribution is -2.15. The monoisotopic (exact) mass is 253 g/mol. The predicted octanol–water partition coefficient (Wildman–Crippen LogP) is 2.30. The van der Waals surface area contributed by atoms with Gasteiger partial charge in [0.1, 0.15) is 0 Å². The zero-order chi connectivity index (χ0) is 12.1. The summed E-state index contributed by atoms with van der Waals surface area (Å²) < 4.78 is 10.3. The van der Waals surface area contributed by atoms with E-state index in [2.05, 4.69) is 10.1 Å². The molecule has 0 saturated carbocycles. The minimum atomic E-state index is 0.242. The highest BCUT2D eigenvalue weighted by Gasteiger charge is 2.10. The Balaban J connectivity index is 1.83. The summed E-state index contributed by atoms with van der Waals surface area (Å²) in [5, 5.41) is 3.89. The highest BCUT2D eigenvalue weighted by atomic mass is 32.2. The van der Waals surface area contributed by atoms with Gasteiger partial charge in [-0.1, -0.05) is 5.16 Å². The van der Waals surface area contributed by atoms with Gasteiger partial charge >= 0.3 is 0 Å². The molecule has 0 fully saturated rings. The van der Waals surface area contributed by atoms with Crippen molar-refractivity contribution in [3.63, 3.8) is 0 Å². The van der Waals surface area contributed by atoms with Crippen molar-refractivity contribution in [1.82, 2.24) is 10.1 Å². The van der Waals surface area contributed by atoms with Crippen LogP contribution in [0.5, 0.6) is 0 Å². The molecule has 2 aromatic rings. The third kappa shape index (κ3) is 3.61. The summed E-state index contributed by atoms with van der Waals surface area (Å²) in [6.45, 7) is 2.00. The van der Waals surface area contributed by atoms with Crippen LogP contribution in [0.1, 0.15) is 19.2 Å². The maximum absolute atomic E-state index is 5.66. The van der Waals surface area contributed by atoms with Gasteiger partial charge in [-0.3, -0.25) is 0 Å². The first-order valence-corrected chi connectivity index (χ1v) is 6.61. The molecule has 0 amide bonds. The topological polar surface area (TPSA) is 78.1 Å². The average molecular weight is 253 g/mol. The van der Waals surface area contributed by atoms with Crippen molar-refractivity contribution < 1.29 is 8.94 Å². The molecule has 92 valence electrons. The number of hydrogen-bond acceptors (Lipinski definition) is 6. The van der Waals surface area contributed by atoms with Crippen LogP contribution in [-0.4, -0.2) is 21.9 Å². The standard InChI is InChI=1S/C11H15N3O2S/c1-8(12)4-6-17-7-10-13-11(16-14-10)9-3-2-5-15-9/h2-3,5,8H,4,6-7,12H2,1H3. The third-order valence-electron chi connectivity index (χ3n) is 2.15. The molecule has 1 unspecified atom stereocenters. The fourth-order valence-electron chi connectivity index (χ4n) is 1.25. The van der Waals surface area contributed by atoms with Gasteiger partial charge in [-0.15, -0.1) is 0 Å². The van der Waals surface area contributed by atoms with Crippen LogP contribution < -0.4 is 5.73 Å². The number of furan rings is 1. The number of aromatic nitrogens is 2. The molecule has 2 aromatic heterocycles. The van der Waals surface area contributed by atoms with E-state index in [9.17, 15) is 0 Å². The summed E-state index contributed by atoms with van der Waals surface area (Å²) in [5.74, 6) is 3.45.